The first kappa shape index (κ1) is 13.5. The monoisotopic (exact) mass is 227 g/mol. The largest absolute Gasteiger partial charge is 0.358 e. The van der Waals surface area contributed by atoms with Crippen molar-refractivity contribution in [1.29, 1.82) is 0 Å². The quantitative estimate of drug-likeness (QED) is 0.647. The Balaban J connectivity index is 2.11. The van der Waals surface area contributed by atoms with Crippen LogP contribution < -0.4 is 10.6 Å². The second-order valence-corrected chi connectivity index (χ2v) is 4.60. The van der Waals surface area contributed by atoms with Crippen LogP contribution >= 0.6 is 0 Å². The molecule has 1 aliphatic rings. The Labute approximate surface area is 98.8 Å². The molecule has 0 bridgehead atoms. The van der Waals surface area contributed by atoms with Gasteiger partial charge in [-0.1, -0.05) is 6.92 Å². The highest BCUT2D eigenvalue weighted by molar-refractivity contribution is 5.77. The van der Waals surface area contributed by atoms with Crippen molar-refractivity contribution < 1.29 is 4.79 Å². The number of amides is 1. The van der Waals surface area contributed by atoms with E-state index in [9.17, 15) is 4.79 Å². The van der Waals surface area contributed by atoms with Crippen molar-refractivity contribution in [1.82, 2.24) is 15.5 Å². The Hall–Kier alpha value is -0.610. The maximum absolute atomic E-state index is 11.2. The van der Waals surface area contributed by atoms with Crippen LogP contribution in [0.4, 0.5) is 0 Å². The Bertz CT molecular complexity index is 200. The lowest BCUT2D eigenvalue weighted by Gasteiger charge is -2.31. The van der Waals surface area contributed by atoms with Gasteiger partial charge < -0.3 is 10.6 Å². The van der Waals surface area contributed by atoms with E-state index in [1.165, 1.54) is 19.3 Å². The molecule has 0 radical (unpaired) electrons. The first-order valence-electron chi connectivity index (χ1n) is 6.40. The summed E-state index contributed by atoms with van der Waals surface area (Å²) >= 11 is 0. The molecular formula is C12H25N3O. The lowest BCUT2D eigenvalue weighted by atomic mass is 9.97. The van der Waals surface area contributed by atoms with Crippen LogP contribution in [-0.4, -0.2) is 50.6 Å². The number of nitrogens with one attached hydrogen (secondary N) is 2. The van der Waals surface area contributed by atoms with Gasteiger partial charge in [0.1, 0.15) is 0 Å². The van der Waals surface area contributed by atoms with E-state index in [1.54, 1.807) is 7.05 Å². The minimum Gasteiger partial charge on any atom is -0.358 e. The van der Waals surface area contributed by atoms with E-state index in [1.807, 2.05) is 0 Å². The number of hydrogen-bond acceptors (Lipinski definition) is 3. The van der Waals surface area contributed by atoms with Gasteiger partial charge in [0.15, 0.2) is 0 Å². The number of likely N-dealkylation sites (tertiary alicyclic amines) is 1. The molecule has 4 heteroatoms. The highest BCUT2D eigenvalue weighted by Gasteiger charge is 2.19. The number of carbonyl (C=O) groups is 1. The zero-order valence-corrected chi connectivity index (χ0v) is 10.6. The average Bonchev–Trinajstić information content (AvgIpc) is 2.31. The normalized spacial score (nSPS) is 18.6. The van der Waals surface area contributed by atoms with Crippen LogP contribution in [0.1, 0.15) is 26.2 Å². The van der Waals surface area contributed by atoms with Gasteiger partial charge in [0.25, 0.3) is 0 Å². The van der Waals surface area contributed by atoms with E-state index in [-0.39, 0.29) is 5.91 Å². The molecule has 0 aliphatic carbocycles. The summed E-state index contributed by atoms with van der Waals surface area (Å²) in [5.41, 5.74) is 0. The van der Waals surface area contributed by atoms with Crippen molar-refractivity contribution in [3.63, 3.8) is 0 Å². The maximum atomic E-state index is 11.2. The number of piperidine rings is 1. The van der Waals surface area contributed by atoms with E-state index in [0.717, 1.165) is 32.1 Å². The molecule has 1 saturated heterocycles. The number of nitrogens with zero attached hydrogens (tertiary/aromatic N) is 1. The minimum absolute atomic E-state index is 0.127. The molecule has 0 atom stereocenters. The summed E-state index contributed by atoms with van der Waals surface area (Å²) in [6.07, 6.45) is 3.64. The number of rotatable bonds is 6. The molecule has 0 saturated carbocycles. The molecule has 0 unspecified atom stereocenters. The third kappa shape index (κ3) is 4.94. The fourth-order valence-electron chi connectivity index (χ4n) is 2.11. The molecule has 1 fully saturated rings. The van der Waals surface area contributed by atoms with Gasteiger partial charge in [-0.25, -0.2) is 0 Å². The zero-order chi connectivity index (χ0) is 11.8. The van der Waals surface area contributed by atoms with Crippen molar-refractivity contribution in [2.75, 3.05) is 39.8 Å². The molecule has 0 spiro atoms. The Morgan fingerprint density at radius 3 is 2.62 bits per heavy atom. The molecular weight excluding hydrogens is 202 g/mol. The number of carbonyl (C=O) groups excluding carboxylic acids is 1. The second kappa shape index (κ2) is 7.63. The van der Waals surface area contributed by atoms with E-state index in [2.05, 4.69) is 22.5 Å². The topological polar surface area (TPSA) is 44.4 Å². The van der Waals surface area contributed by atoms with Crippen LogP contribution in [0.3, 0.4) is 0 Å². The fourth-order valence-corrected chi connectivity index (χ4v) is 2.11. The standard InChI is InChI=1S/C12H25N3O/c1-3-6-14-9-11-4-7-15(8-5-11)10-12(16)13-2/h11,14H,3-10H2,1-2H3,(H,13,16). The van der Waals surface area contributed by atoms with Crippen LogP contribution in [0.25, 0.3) is 0 Å². The Morgan fingerprint density at radius 2 is 2.06 bits per heavy atom. The van der Waals surface area contributed by atoms with Crippen LogP contribution in [0.15, 0.2) is 0 Å². The Morgan fingerprint density at radius 1 is 1.38 bits per heavy atom. The zero-order valence-electron chi connectivity index (χ0n) is 10.6. The molecule has 1 aliphatic heterocycles. The summed E-state index contributed by atoms with van der Waals surface area (Å²) < 4.78 is 0. The molecule has 16 heavy (non-hydrogen) atoms. The minimum atomic E-state index is 0.127. The Kier molecular flexibility index (Phi) is 6.42. The second-order valence-electron chi connectivity index (χ2n) is 4.60. The maximum Gasteiger partial charge on any atom is 0.233 e. The van der Waals surface area contributed by atoms with Gasteiger partial charge in [-0.05, 0) is 51.4 Å². The summed E-state index contributed by atoms with van der Waals surface area (Å²) in [6, 6.07) is 0. The van der Waals surface area contributed by atoms with Crippen molar-refractivity contribution in [2.24, 2.45) is 5.92 Å². The van der Waals surface area contributed by atoms with E-state index in [4.69, 9.17) is 0 Å². The molecule has 4 nitrogen and oxygen atoms in total. The summed E-state index contributed by atoms with van der Waals surface area (Å²) in [7, 11) is 1.70. The molecule has 0 aromatic heterocycles. The van der Waals surface area contributed by atoms with Gasteiger partial charge in [0.05, 0.1) is 6.54 Å². The predicted molar refractivity (Wildman–Crippen MR) is 66.4 cm³/mol. The van der Waals surface area contributed by atoms with E-state index >= 15 is 0 Å². The third-order valence-corrected chi connectivity index (χ3v) is 3.21. The molecule has 0 aromatic carbocycles. The smallest absolute Gasteiger partial charge is 0.233 e. The van der Waals surface area contributed by atoms with Gasteiger partial charge in [-0.2, -0.15) is 0 Å². The fraction of sp³-hybridized carbons (Fsp3) is 0.917. The van der Waals surface area contributed by atoms with Crippen molar-refractivity contribution in [3.05, 3.63) is 0 Å². The van der Waals surface area contributed by atoms with Gasteiger partial charge in [0.2, 0.25) is 5.91 Å². The average molecular weight is 227 g/mol. The molecule has 1 rings (SSSR count). The SMILES string of the molecule is CCCNCC1CCN(CC(=O)NC)CC1. The van der Waals surface area contributed by atoms with Crippen LogP contribution in [0.5, 0.6) is 0 Å². The van der Waals surface area contributed by atoms with Crippen molar-refractivity contribution in [3.8, 4) is 0 Å². The van der Waals surface area contributed by atoms with Crippen LogP contribution in [0.2, 0.25) is 0 Å². The summed E-state index contributed by atoms with van der Waals surface area (Å²) in [5, 5.41) is 6.15. The van der Waals surface area contributed by atoms with Crippen molar-refractivity contribution >= 4 is 5.91 Å². The molecule has 0 aromatic rings. The van der Waals surface area contributed by atoms with Gasteiger partial charge in [-0.15, -0.1) is 0 Å². The molecule has 1 heterocycles. The summed E-state index contributed by atoms with van der Waals surface area (Å²) in [6.45, 7) is 7.14. The number of hydrogen-bond donors (Lipinski definition) is 2. The molecule has 2 N–H and O–H groups in total. The highest BCUT2D eigenvalue weighted by atomic mass is 16.1. The van der Waals surface area contributed by atoms with Crippen LogP contribution in [-0.2, 0) is 4.79 Å². The van der Waals surface area contributed by atoms with Crippen molar-refractivity contribution in [2.45, 2.75) is 26.2 Å². The van der Waals surface area contributed by atoms with Crippen LogP contribution in [0, 0.1) is 5.92 Å². The summed E-state index contributed by atoms with van der Waals surface area (Å²) in [5.74, 6) is 0.926. The molecule has 94 valence electrons. The van der Waals surface area contributed by atoms with Gasteiger partial charge >= 0.3 is 0 Å². The lowest BCUT2D eigenvalue weighted by molar-refractivity contribution is -0.122. The molecule has 1 amide bonds. The first-order chi connectivity index (χ1) is 7.76. The van der Waals surface area contributed by atoms with Gasteiger partial charge in [-0.3, -0.25) is 9.69 Å². The van der Waals surface area contributed by atoms with Gasteiger partial charge in [0, 0.05) is 7.05 Å². The summed E-state index contributed by atoms with van der Waals surface area (Å²) in [4.78, 5) is 13.5. The third-order valence-electron chi connectivity index (χ3n) is 3.21. The lowest BCUT2D eigenvalue weighted by Crippen LogP contribution is -2.42. The number of likely N-dealkylation sites (N-methyl/N-ethyl adjacent to an activating group) is 1. The highest BCUT2D eigenvalue weighted by Crippen LogP contribution is 2.15. The van der Waals surface area contributed by atoms with E-state index < -0.39 is 0 Å². The predicted octanol–water partition coefficient (Wildman–Crippen LogP) is 0.444. The first-order valence-corrected chi connectivity index (χ1v) is 6.40. The van der Waals surface area contributed by atoms with E-state index in [0.29, 0.717) is 6.54 Å².